The van der Waals surface area contributed by atoms with Crippen molar-refractivity contribution in [2.24, 2.45) is 5.92 Å². The molecule has 0 aliphatic carbocycles. The zero-order chi connectivity index (χ0) is 16.2. The third-order valence-electron chi connectivity index (χ3n) is 4.57. The quantitative estimate of drug-likeness (QED) is 0.867. The number of piperidine rings is 1. The van der Waals surface area contributed by atoms with Crippen molar-refractivity contribution in [2.45, 2.75) is 39.0 Å². The molecule has 0 saturated carbocycles. The van der Waals surface area contributed by atoms with E-state index in [0.717, 1.165) is 37.9 Å². The number of rotatable bonds is 4. The Morgan fingerprint density at radius 1 is 1.35 bits per heavy atom. The zero-order valence-electron chi connectivity index (χ0n) is 13.6. The van der Waals surface area contributed by atoms with Gasteiger partial charge in [-0.15, -0.1) is 0 Å². The second-order valence-electron chi connectivity index (χ2n) is 6.10. The van der Waals surface area contributed by atoms with Crippen LogP contribution in [-0.4, -0.2) is 39.0 Å². The first kappa shape index (κ1) is 15.6. The standard InChI is InChI=1S/C17H22N4O2/c1-3-12(2)17(22)21-10-6-14(7-11-21)16-19-15(20-23-16)13-4-8-18-9-5-13/h4-5,8-9,12,14H,3,6-7,10-11H2,1-2H3/t12-/m0/s1. The number of nitrogens with zero attached hydrogens (tertiary/aromatic N) is 4. The number of amides is 1. The van der Waals surface area contributed by atoms with Crippen LogP contribution in [0.2, 0.25) is 0 Å². The first-order chi connectivity index (χ1) is 11.2. The summed E-state index contributed by atoms with van der Waals surface area (Å²) in [6.07, 6.45) is 6.06. The van der Waals surface area contributed by atoms with Crippen LogP contribution in [0.15, 0.2) is 29.0 Å². The molecule has 0 spiro atoms. The number of carbonyl (C=O) groups excluding carboxylic acids is 1. The molecule has 2 aromatic heterocycles. The summed E-state index contributed by atoms with van der Waals surface area (Å²) < 4.78 is 5.44. The maximum atomic E-state index is 12.2. The number of pyridine rings is 1. The van der Waals surface area contributed by atoms with Gasteiger partial charge in [0.05, 0.1) is 0 Å². The second kappa shape index (κ2) is 6.89. The molecular formula is C17H22N4O2. The zero-order valence-corrected chi connectivity index (χ0v) is 13.6. The molecule has 1 aliphatic heterocycles. The van der Waals surface area contributed by atoms with E-state index in [1.54, 1.807) is 12.4 Å². The van der Waals surface area contributed by atoms with Gasteiger partial charge in [0.1, 0.15) is 0 Å². The van der Waals surface area contributed by atoms with Gasteiger partial charge in [-0.25, -0.2) is 0 Å². The van der Waals surface area contributed by atoms with Gasteiger partial charge in [0, 0.05) is 42.9 Å². The Labute approximate surface area is 135 Å². The second-order valence-corrected chi connectivity index (χ2v) is 6.10. The minimum absolute atomic E-state index is 0.105. The van der Waals surface area contributed by atoms with E-state index in [1.807, 2.05) is 30.9 Å². The normalized spacial score (nSPS) is 17.2. The van der Waals surface area contributed by atoms with Crippen LogP contribution in [0.3, 0.4) is 0 Å². The summed E-state index contributed by atoms with van der Waals surface area (Å²) in [5.74, 6) is 1.87. The van der Waals surface area contributed by atoms with Gasteiger partial charge in [-0.2, -0.15) is 4.98 Å². The van der Waals surface area contributed by atoms with Gasteiger partial charge in [0.15, 0.2) is 0 Å². The lowest BCUT2D eigenvalue weighted by Gasteiger charge is -2.32. The van der Waals surface area contributed by atoms with Crippen LogP contribution in [0.5, 0.6) is 0 Å². The topological polar surface area (TPSA) is 72.1 Å². The van der Waals surface area contributed by atoms with Crippen molar-refractivity contribution in [3.8, 4) is 11.4 Å². The predicted octanol–water partition coefficient (Wildman–Crippen LogP) is 2.88. The fourth-order valence-electron chi connectivity index (χ4n) is 2.85. The predicted molar refractivity (Wildman–Crippen MR) is 85.5 cm³/mol. The summed E-state index contributed by atoms with van der Waals surface area (Å²) in [5, 5.41) is 4.06. The minimum atomic E-state index is 0.105. The number of aromatic nitrogens is 3. The largest absolute Gasteiger partial charge is 0.342 e. The molecule has 1 atom stereocenters. The van der Waals surface area contributed by atoms with Gasteiger partial charge >= 0.3 is 0 Å². The highest BCUT2D eigenvalue weighted by atomic mass is 16.5. The Bertz CT molecular complexity index is 648. The lowest BCUT2D eigenvalue weighted by molar-refractivity contribution is -0.136. The molecular weight excluding hydrogens is 292 g/mol. The van der Waals surface area contributed by atoms with Crippen LogP contribution in [0.4, 0.5) is 0 Å². The summed E-state index contributed by atoms with van der Waals surface area (Å²) in [6, 6.07) is 3.73. The highest BCUT2D eigenvalue weighted by Gasteiger charge is 2.29. The molecule has 1 amide bonds. The average Bonchev–Trinajstić information content (AvgIpc) is 3.11. The van der Waals surface area contributed by atoms with Gasteiger partial charge in [-0.3, -0.25) is 9.78 Å². The minimum Gasteiger partial charge on any atom is -0.342 e. The van der Waals surface area contributed by atoms with Gasteiger partial charge in [0.25, 0.3) is 0 Å². The third kappa shape index (κ3) is 3.41. The summed E-state index contributed by atoms with van der Waals surface area (Å²) in [6.45, 7) is 5.57. The maximum Gasteiger partial charge on any atom is 0.230 e. The Kier molecular flexibility index (Phi) is 4.69. The summed E-state index contributed by atoms with van der Waals surface area (Å²) >= 11 is 0. The Balaban J connectivity index is 1.62. The maximum absolute atomic E-state index is 12.2. The first-order valence-electron chi connectivity index (χ1n) is 8.21. The molecule has 3 rings (SSSR count). The van der Waals surface area contributed by atoms with Crippen LogP contribution in [0.1, 0.15) is 44.9 Å². The van der Waals surface area contributed by atoms with Gasteiger partial charge < -0.3 is 9.42 Å². The van der Waals surface area contributed by atoms with Crippen LogP contribution in [0.25, 0.3) is 11.4 Å². The van der Waals surface area contributed by atoms with E-state index in [2.05, 4.69) is 15.1 Å². The highest BCUT2D eigenvalue weighted by molar-refractivity contribution is 5.78. The third-order valence-corrected chi connectivity index (χ3v) is 4.57. The molecule has 0 bridgehead atoms. The smallest absolute Gasteiger partial charge is 0.230 e. The van der Waals surface area contributed by atoms with E-state index in [9.17, 15) is 4.79 Å². The average molecular weight is 314 g/mol. The Morgan fingerprint density at radius 3 is 2.70 bits per heavy atom. The first-order valence-corrected chi connectivity index (χ1v) is 8.21. The SMILES string of the molecule is CC[C@H](C)C(=O)N1CCC(c2nc(-c3ccncc3)no2)CC1. The molecule has 6 heteroatoms. The van der Waals surface area contributed by atoms with Crippen LogP contribution >= 0.6 is 0 Å². The molecule has 0 N–H and O–H groups in total. The van der Waals surface area contributed by atoms with Crippen molar-refractivity contribution in [1.82, 2.24) is 20.0 Å². The summed E-state index contributed by atoms with van der Waals surface area (Å²) in [4.78, 5) is 22.7. The molecule has 1 fully saturated rings. The van der Waals surface area contributed by atoms with Crippen molar-refractivity contribution in [2.75, 3.05) is 13.1 Å². The van der Waals surface area contributed by atoms with Gasteiger partial charge in [0.2, 0.25) is 17.6 Å². The molecule has 0 unspecified atom stereocenters. The molecule has 122 valence electrons. The van der Waals surface area contributed by atoms with Crippen molar-refractivity contribution in [1.29, 1.82) is 0 Å². The molecule has 1 saturated heterocycles. The van der Waals surface area contributed by atoms with E-state index in [4.69, 9.17) is 4.52 Å². The Hall–Kier alpha value is -2.24. The molecule has 0 aromatic carbocycles. The Morgan fingerprint density at radius 2 is 2.04 bits per heavy atom. The van der Waals surface area contributed by atoms with E-state index in [0.29, 0.717) is 11.7 Å². The van der Waals surface area contributed by atoms with Crippen LogP contribution in [-0.2, 0) is 4.79 Å². The fraction of sp³-hybridized carbons (Fsp3) is 0.529. The van der Waals surface area contributed by atoms with E-state index in [-0.39, 0.29) is 17.7 Å². The van der Waals surface area contributed by atoms with E-state index >= 15 is 0 Å². The monoisotopic (exact) mass is 314 g/mol. The lowest BCUT2D eigenvalue weighted by atomic mass is 9.95. The summed E-state index contributed by atoms with van der Waals surface area (Å²) in [5.41, 5.74) is 0.902. The number of carbonyl (C=O) groups is 1. The van der Waals surface area contributed by atoms with Crippen molar-refractivity contribution in [3.05, 3.63) is 30.4 Å². The van der Waals surface area contributed by atoms with Crippen molar-refractivity contribution >= 4 is 5.91 Å². The fourth-order valence-corrected chi connectivity index (χ4v) is 2.85. The van der Waals surface area contributed by atoms with Crippen LogP contribution < -0.4 is 0 Å². The molecule has 0 radical (unpaired) electrons. The van der Waals surface area contributed by atoms with Crippen LogP contribution in [0, 0.1) is 5.92 Å². The van der Waals surface area contributed by atoms with Gasteiger partial charge in [-0.1, -0.05) is 19.0 Å². The van der Waals surface area contributed by atoms with E-state index < -0.39 is 0 Å². The van der Waals surface area contributed by atoms with Crippen molar-refractivity contribution < 1.29 is 9.32 Å². The van der Waals surface area contributed by atoms with E-state index in [1.165, 1.54) is 0 Å². The molecule has 23 heavy (non-hydrogen) atoms. The lowest BCUT2D eigenvalue weighted by Crippen LogP contribution is -2.40. The number of likely N-dealkylation sites (tertiary alicyclic amines) is 1. The summed E-state index contributed by atoms with van der Waals surface area (Å²) in [7, 11) is 0. The van der Waals surface area contributed by atoms with Crippen molar-refractivity contribution in [3.63, 3.8) is 0 Å². The number of hydrogen-bond donors (Lipinski definition) is 0. The van der Waals surface area contributed by atoms with Gasteiger partial charge in [-0.05, 0) is 31.4 Å². The molecule has 2 aromatic rings. The highest BCUT2D eigenvalue weighted by Crippen LogP contribution is 2.29. The molecule has 6 nitrogen and oxygen atoms in total. The number of hydrogen-bond acceptors (Lipinski definition) is 5. The molecule has 1 aliphatic rings. The molecule has 3 heterocycles.